The summed E-state index contributed by atoms with van der Waals surface area (Å²) in [6.45, 7) is 0. The lowest BCUT2D eigenvalue weighted by Gasteiger charge is -1.70. The van der Waals surface area contributed by atoms with Crippen molar-refractivity contribution >= 4 is 0 Å². The van der Waals surface area contributed by atoms with Crippen LogP contribution in [0.25, 0.3) is 0 Å². The summed E-state index contributed by atoms with van der Waals surface area (Å²) in [5.74, 6) is 0. The van der Waals surface area contributed by atoms with Crippen molar-refractivity contribution in [3.05, 3.63) is 30.5 Å². The van der Waals surface area contributed by atoms with E-state index in [-0.39, 0.29) is 18.3 Å². The highest BCUT2D eigenvalue weighted by atomic mass is 14.6. The number of nitrogens with zero attached hydrogens (tertiary/aromatic N) is 1. The average Bonchev–Trinajstić information content (AvgIpc) is 1.83. The number of hydrogen-bond donors (Lipinski definition) is 0. The lowest BCUT2D eigenvalue weighted by molar-refractivity contribution is 1.33. The van der Waals surface area contributed by atoms with Gasteiger partial charge in [-0.2, -0.15) is 0 Å². The first-order valence-electron chi connectivity index (χ1n) is 3.10. The molecule has 0 saturated heterocycles. The van der Waals surface area contributed by atoms with Crippen LogP contribution in [0.4, 0.5) is 0 Å². The Labute approximate surface area is 40.9 Å². The van der Waals surface area contributed by atoms with E-state index in [1.165, 1.54) is 12.3 Å². The summed E-state index contributed by atoms with van der Waals surface area (Å²) in [6.07, 6.45) is 1.21. The van der Waals surface area contributed by atoms with Crippen LogP contribution in [0.1, 0.15) is 4.11 Å². The summed E-state index contributed by atoms with van der Waals surface area (Å²) >= 11 is 0. The molecule has 0 amide bonds. The van der Waals surface area contributed by atoms with Gasteiger partial charge in [0.2, 0.25) is 0 Å². The van der Waals surface area contributed by atoms with Crippen molar-refractivity contribution in [2.24, 2.45) is 0 Å². The Morgan fingerprint density at radius 3 is 3.17 bits per heavy atom. The third-order valence-electron chi connectivity index (χ3n) is 0.425. The fourth-order valence-electron chi connectivity index (χ4n) is 0.218. The maximum atomic E-state index is 7.01. The van der Waals surface area contributed by atoms with Crippen LogP contribution in [0.5, 0.6) is 0 Å². The van der Waals surface area contributed by atoms with Crippen molar-refractivity contribution in [1.29, 1.82) is 0 Å². The summed E-state index contributed by atoms with van der Waals surface area (Å²) in [4.78, 5) is 3.50. The highest BCUT2D eigenvalue weighted by Gasteiger charge is 1.58. The van der Waals surface area contributed by atoms with Crippen molar-refractivity contribution in [3.8, 4) is 0 Å². The van der Waals surface area contributed by atoms with E-state index in [2.05, 4.69) is 4.98 Å². The van der Waals surface area contributed by atoms with E-state index in [0.717, 1.165) is 0 Å². The van der Waals surface area contributed by atoms with Crippen LogP contribution in [-0.2, 0) is 0 Å². The average molecular weight is 82.1 g/mol. The molecule has 30 valence electrons. The number of hydrogen-bond acceptors (Lipinski definition) is 1. The molecule has 1 heterocycles. The minimum absolute atomic E-state index is 0.0509. The molecule has 1 aromatic rings. The van der Waals surface area contributed by atoms with Gasteiger partial charge in [0.05, 0.1) is 4.11 Å². The molecule has 0 aromatic carbocycles. The zero-order chi connectivity index (χ0) is 6.85. The Kier molecular flexibility index (Phi) is 0.346. The van der Waals surface area contributed by atoms with Gasteiger partial charge in [0.15, 0.2) is 0 Å². The summed E-state index contributed by atoms with van der Waals surface area (Å²) < 4.78 is 21.0. The van der Waals surface area contributed by atoms with Gasteiger partial charge in [-0.15, -0.1) is 0 Å². The molecule has 1 rings (SSSR count). The molecule has 1 heteroatoms. The van der Waals surface area contributed by atoms with Gasteiger partial charge >= 0.3 is 0 Å². The van der Waals surface area contributed by atoms with Gasteiger partial charge < -0.3 is 0 Å². The van der Waals surface area contributed by atoms with E-state index in [0.29, 0.717) is 0 Å². The second kappa shape index (κ2) is 1.55. The number of aromatic nitrogens is 1. The van der Waals surface area contributed by atoms with Gasteiger partial charge in [-0.25, -0.2) is 0 Å². The molecule has 0 N–H and O–H groups in total. The summed E-state index contributed by atoms with van der Waals surface area (Å²) in [7, 11) is 0. The lowest BCUT2D eigenvalue weighted by Crippen LogP contribution is -1.58. The van der Waals surface area contributed by atoms with E-state index in [9.17, 15) is 0 Å². The van der Waals surface area contributed by atoms with E-state index in [1.54, 1.807) is 0 Å². The molecular formula is C5H5N. The van der Waals surface area contributed by atoms with Crippen LogP contribution in [0, 0.1) is 0 Å². The first-order valence-corrected chi connectivity index (χ1v) is 1.60. The standard InChI is InChI=1S/C5H5N/c1-2-4-6-5-3-1/h1-5H/i1D,2D,4D. The minimum atomic E-state index is -0.137. The number of pyridine rings is 1. The molecular weight excluding hydrogens is 74.1 g/mol. The molecule has 0 spiro atoms. The molecule has 6 heavy (non-hydrogen) atoms. The Balaban J connectivity index is 3.25. The Morgan fingerprint density at radius 2 is 2.50 bits per heavy atom. The number of rotatable bonds is 0. The van der Waals surface area contributed by atoms with Crippen LogP contribution in [0.15, 0.2) is 30.5 Å². The van der Waals surface area contributed by atoms with E-state index < -0.39 is 0 Å². The highest BCUT2D eigenvalue weighted by Crippen LogP contribution is 1.73. The quantitative estimate of drug-likeness (QED) is 0.456. The second-order valence-electron chi connectivity index (χ2n) is 0.826. The Morgan fingerprint density at radius 1 is 1.50 bits per heavy atom. The van der Waals surface area contributed by atoms with Crippen LogP contribution in [-0.4, -0.2) is 4.98 Å². The molecule has 0 aliphatic carbocycles. The lowest BCUT2D eigenvalue weighted by atomic mass is 10.5. The summed E-state index contributed by atoms with van der Waals surface area (Å²) in [5, 5.41) is 0. The van der Waals surface area contributed by atoms with Crippen molar-refractivity contribution in [3.63, 3.8) is 0 Å². The third kappa shape index (κ3) is 0.549. The van der Waals surface area contributed by atoms with Crippen LogP contribution in [0.3, 0.4) is 0 Å². The van der Waals surface area contributed by atoms with Crippen LogP contribution in [0.2, 0.25) is 0 Å². The molecule has 0 aliphatic heterocycles. The molecule has 0 unspecified atom stereocenters. The molecule has 0 atom stereocenters. The zero-order valence-electron chi connectivity index (χ0n) is 6.10. The topological polar surface area (TPSA) is 12.9 Å². The van der Waals surface area contributed by atoms with Crippen molar-refractivity contribution < 1.29 is 4.11 Å². The molecule has 1 aromatic heterocycles. The van der Waals surface area contributed by atoms with Crippen LogP contribution < -0.4 is 0 Å². The first-order chi connectivity index (χ1) is 4.22. The molecule has 0 saturated carbocycles. The molecule has 1 nitrogen and oxygen atoms in total. The Hall–Kier alpha value is -0.850. The maximum Gasteiger partial charge on any atom is 0.0840 e. The largest absolute Gasteiger partial charge is 0.265 e. The van der Waals surface area contributed by atoms with Gasteiger partial charge in [0.25, 0.3) is 0 Å². The Bertz CT molecular complexity index is 203. The van der Waals surface area contributed by atoms with Gasteiger partial charge in [0, 0.05) is 12.4 Å². The van der Waals surface area contributed by atoms with Gasteiger partial charge in [0.1, 0.15) is 0 Å². The molecule has 0 fully saturated rings. The first kappa shape index (κ1) is 1.34. The van der Waals surface area contributed by atoms with Gasteiger partial charge in [-0.3, -0.25) is 4.98 Å². The smallest absolute Gasteiger partial charge is 0.0840 e. The monoisotopic (exact) mass is 82.1 g/mol. The molecule has 0 radical (unpaired) electrons. The molecule has 0 aliphatic rings. The van der Waals surface area contributed by atoms with Crippen molar-refractivity contribution in [1.82, 2.24) is 4.98 Å². The van der Waals surface area contributed by atoms with E-state index >= 15 is 0 Å². The third-order valence-corrected chi connectivity index (χ3v) is 0.425. The SMILES string of the molecule is [2H]c1ccnc([2H])c1[2H]. The summed E-state index contributed by atoms with van der Waals surface area (Å²) in [6, 6.07) is 1.33. The second-order valence-corrected chi connectivity index (χ2v) is 0.826. The van der Waals surface area contributed by atoms with Crippen molar-refractivity contribution in [2.45, 2.75) is 0 Å². The minimum Gasteiger partial charge on any atom is -0.265 e. The molecule has 0 bridgehead atoms. The normalized spacial score (nSPS) is 15.0. The zero-order valence-corrected chi connectivity index (χ0v) is 3.10. The van der Waals surface area contributed by atoms with Crippen LogP contribution >= 0.6 is 0 Å². The fraction of sp³-hybridized carbons (Fsp3) is 0. The van der Waals surface area contributed by atoms with Crippen molar-refractivity contribution in [2.75, 3.05) is 0 Å². The van der Waals surface area contributed by atoms with E-state index in [4.69, 9.17) is 4.11 Å². The van der Waals surface area contributed by atoms with Gasteiger partial charge in [-0.05, 0) is 12.1 Å². The predicted molar refractivity (Wildman–Crippen MR) is 24.2 cm³/mol. The summed E-state index contributed by atoms with van der Waals surface area (Å²) in [5.41, 5.74) is 0. The maximum absolute atomic E-state index is 7.01. The fourth-order valence-corrected chi connectivity index (χ4v) is 0.218. The van der Waals surface area contributed by atoms with E-state index in [1.807, 2.05) is 0 Å². The van der Waals surface area contributed by atoms with Gasteiger partial charge in [-0.1, -0.05) is 6.04 Å². The predicted octanol–water partition coefficient (Wildman–Crippen LogP) is 1.08. The highest BCUT2D eigenvalue weighted by molar-refractivity contribution is 4.88.